The van der Waals surface area contributed by atoms with Crippen LogP contribution in [0, 0.1) is 5.82 Å². The van der Waals surface area contributed by atoms with Crippen molar-refractivity contribution in [3.63, 3.8) is 0 Å². The summed E-state index contributed by atoms with van der Waals surface area (Å²) in [4.78, 5) is 21.8. The molecule has 0 N–H and O–H groups in total. The number of nitrogens with zero attached hydrogens (tertiary/aromatic N) is 3. The van der Waals surface area contributed by atoms with Gasteiger partial charge in [-0.3, -0.25) is 9.69 Å². The summed E-state index contributed by atoms with van der Waals surface area (Å²) in [7, 11) is -3.34. The van der Waals surface area contributed by atoms with Crippen LogP contribution in [-0.2, 0) is 9.84 Å². The highest BCUT2D eigenvalue weighted by molar-refractivity contribution is 7.90. The Hall–Kier alpha value is -2.36. The standard InChI is InChI=1S/C21H24FN3O3S2/c1-4-24(5-2)12-13-25(21-23-18-11-8-16(22)14-19(18)29-21)20(26)15-6-9-17(10-7-15)30(3,27)28/h6-11,14H,4-5,12-13H2,1-3H3. The molecule has 1 amide bonds. The van der Waals surface area contributed by atoms with Crippen LogP contribution in [0.15, 0.2) is 47.4 Å². The van der Waals surface area contributed by atoms with Crippen LogP contribution in [0.25, 0.3) is 10.2 Å². The number of likely N-dealkylation sites (N-methyl/N-ethyl adjacent to an activating group) is 1. The molecule has 1 heterocycles. The van der Waals surface area contributed by atoms with E-state index < -0.39 is 9.84 Å². The molecular formula is C21H24FN3O3S2. The Morgan fingerprint density at radius 3 is 2.33 bits per heavy atom. The molecule has 9 heteroatoms. The lowest BCUT2D eigenvalue weighted by Crippen LogP contribution is -2.38. The van der Waals surface area contributed by atoms with E-state index in [0.29, 0.717) is 34.0 Å². The quantitative estimate of drug-likeness (QED) is 0.523. The van der Waals surface area contributed by atoms with Crippen molar-refractivity contribution in [2.24, 2.45) is 0 Å². The number of hydrogen-bond acceptors (Lipinski definition) is 6. The van der Waals surface area contributed by atoms with E-state index in [0.717, 1.165) is 19.3 Å². The Morgan fingerprint density at radius 1 is 1.07 bits per heavy atom. The first-order chi connectivity index (χ1) is 14.2. The summed E-state index contributed by atoms with van der Waals surface area (Å²) in [5, 5.41) is 0.486. The number of benzene rings is 2. The van der Waals surface area contributed by atoms with Crippen molar-refractivity contribution >= 4 is 42.4 Å². The van der Waals surface area contributed by atoms with Crippen molar-refractivity contribution in [1.82, 2.24) is 9.88 Å². The average Bonchev–Trinajstić information content (AvgIpc) is 3.13. The van der Waals surface area contributed by atoms with Crippen molar-refractivity contribution in [2.75, 3.05) is 37.3 Å². The van der Waals surface area contributed by atoms with Gasteiger partial charge >= 0.3 is 0 Å². The van der Waals surface area contributed by atoms with E-state index in [1.165, 1.54) is 47.7 Å². The molecule has 0 aliphatic carbocycles. The number of anilines is 1. The smallest absolute Gasteiger partial charge is 0.260 e. The Morgan fingerprint density at radius 2 is 1.73 bits per heavy atom. The molecule has 0 bridgehead atoms. The third kappa shape index (κ3) is 5.03. The van der Waals surface area contributed by atoms with Gasteiger partial charge in [-0.05, 0) is 55.6 Å². The number of fused-ring (bicyclic) bond motifs is 1. The number of sulfone groups is 1. The first kappa shape index (κ1) is 22.3. The first-order valence-corrected chi connectivity index (χ1v) is 12.3. The highest BCUT2D eigenvalue weighted by atomic mass is 32.2. The van der Waals surface area contributed by atoms with Crippen molar-refractivity contribution in [1.29, 1.82) is 0 Å². The minimum absolute atomic E-state index is 0.157. The molecular weight excluding hydrogens is 425 g/mol. The van der Waals surface area contributed by atoms with Crippen LogP contribution in [0.1, 0.15) is 24.2 Å². The lowest BCUT2D eigenvalue weighted by Gasteiger charge is -2.24. The number of hydrogen-bond donors (Lipinski definition) is 0. The summed E-state index contributed by atoms with van der Waals surface area (Å²) >= 11 is 1.26. The van der Waals surface area contributed by atoms with Crippen LogP contribution in [0.5, 0.6) is 0 Å². The number of amides is 1. The zero-order valence-electron chi connectivity index (χ0n) is 17.1. The molecule has 3 aromatic rings. The summed E-state index contributed by atoms with van der Waals surface area (Å²) in [6, 6.07) is 10.2. The molecule has 0 aliphatic rings. The highest BCUT2D eigenvalue weighted by Crippen LogP contribution is 2.30. The maximum atomic E-state index is 13.6. The second-order valence-electron chi connectivity index (χ2n) is 6.89. The monoisotopic (exact) mass is 449 g/mol. The van der Waals surface area contributed by atoms with Crippen LogP contribution >= 0.6 is 11.3 Å². The Kier molecular flexibility index (Phi) is 6.84. The minimum atomic E-state index is -3.34. The fraction of sp³-hybridized carbons (Fsp3) is 0.333. The van der Waals surface area contributed by atoms with E-state index in [1.54, 1.807) is 11.0 Å². The summed E-state index contributed by atoms with van der Waals surface area (Å²) in [6.07, 6.45) is 1.13. The molecule has 0 saturated carbocycles. The van der Waals surface area contributed by atoms with Crippen LogP contribution in [0.3, 0.4) is 0 Å². The van der Waals surface area contributed by atoms with Crippen LogP contribution in [0.4, 0.5) is 9.52 Å². The molecule has 0 atom stereocenters. The van der Waals surface area contributed by atoms with Gasteiger partial charge in [-0.25, -0.2) is 17.8 Å². The maximum absolute atomic E-state index is 13.6. The summed E-state index contributed by atoms with van der Waals surface area (Å²) < 4.78 is 37.7. The second kappa shape index (κ2) is 9.20. The molecule has 0 aliphatic heterocycles. The topological polar surface area (TPSA) is 70.6 Å². The van der Waals surface area contributed by atoms with E-state index in [2.05, 4.69) is 23.7 Å². The molecule has 0 radical (unpaired) electrons. The second-order valence-corrected chi connectivity index (χ2v) is 9.91. The van der Waals surface area contributed by atoms with E-state index in [1.807, 2.05) is 0 Å². The SMILES string of the molecule is CCN(CC)CCN(C(=O)c1ccc(S(C)(=O)=O)cc1)c1nc2ccc(F)cc2s1. The Labute approximate surface area is 179 Å². The van der Waals surface area contributed by atoms with E-state index >= 15 is 0 Å². The van der Waals surface area contributed by atoms with Crippen molar-refractivity contribution in [2.45, 2.75) is 18.7 Å². The van der Waals surface area contributed by atoms with Gasteiger partial charge in [0, 0.05) is 24.9 Å². The van der Waals surface area contributed by atoms with Crippen LogP contribution in [0.2, 0.25) is 0 Å². The summed E-state index contributed by atoms with van der Waals surface area (Å²) in [6.45, 7) is 6.89. The highest BCUT2D eigenvalue weighted by Gasteiger charge is 2.22. The van der Waals surface area contributed by atoms with Crippen LogP contribution in [-0.4, -0.2) is 56.6 Å². The predicted octanol–water partition coefficient (Wildman–Crippen LogP) is 3.83. The lowest BCUT2D eigenvalue weighted by molar-refractivity contribution is 0.0983. The largest absolute Gasteiger partial charge is 0.302 e. The van der Waals surface area contributed by atoms with Gasteiger partial charge in [0.05, 0.1) is 15.1 Å². The molecule has 160 valence electrons. The Balaban J connectivity index is 1.96. The number of thiazole rings is 1. The number of rotatable bonds is 8. The summed E-state index contributed by atoms with van der Waals surface area (Å²) in [5.41, 5.74) is 0.997. The molecule has 30 heavy (non-hydrogen) atoms. The lowest BCUT2D eigenvalue weighted by atomic mass is 10.2. The van der Waals surface area contributed by atoms with Gasteiger partial charge in [-0.1, -0.05) is 25.2 Å². The zero-order chi connectivity index (χ0) is 21.9. The molecule has 2 aromatic carbocycles. The van der Waals surface area contributed by atoms with Gasteiger partial charge in [0.2, 0.25) is 0 Å². The molecule has 6 nitrogen and oxygen atoms in total. The van der Waals surface area contributed by atoms with Gasteiger partial charge in [0.1, 0.15) is 5.82 Å². The number of carbonyl (C=O) groups excluding carboxylic acids is 1. The minimum Gasteiger partial charge on any atom is -0.302 e. The first-order valence-electron chi connectivity index (χ1n) is 9.63. The normalized spacial score (nSPS) is 11.9. The fourth-order valence-corrected chi connectivity index (χ4v) is 4.71. The third-order valence-corrected chi connectivity index (χ3v) is 7.05. The van der Waals surface area contributed by atoms with Gasteiger partial charge in [0.15, 0.2) is 15.0 Å². The molecule has 0 saturated heterocycles. The van der Waals surface area contributed by atoms with Gasteiger partial charge in [-0.2, -0.15) is 0 Å². The fourth-order valence-electron chi connectivity index (χ4n) is 3.07. The van der Waals surface area contributed by atoms with Crippen molar-refractivity contribution in [3.05, 3.63) is 53.8 Å². The number of halogens is 1. The van der Waals surface area contributed by atoms with Crippen LogP contribution < -0.4 is 4.90 Å². The van der Waals surface area contributed by atoms with Crippen molar-refractivity contribution in [3.8, 4) is 0 Å². The van der Waals surface area contributed by atoms with E-state index in [-0.39, 0.29) is 16.6 Å². The number of aromatic nitrogens is 1. The molecule has 0 spiro atoms. The van der Waals surface area contributed by atoms with E-state index in [4.69, 9.17) is 0 Å². The molecule has 1 aromatic heterocycles. The molecule has 3 rings (SSSR count). The Bertz CT molecular complexity index is 1140. The molecule has 0 fully saturated rings. The van der Waals surface area contributed by atoms with Gasteiger partial charge < -0.3 is 4.90 Å². The van der Waals surface area contributed by atoms with Gasteiger partial charge in [-0.15, -0.1) is 0 Å². The van der Waals surface area contributed by atoms with E-state index in [9.17, 15) is 17.6 Å². The predicted molar refractivity (Wildman–Crippen MR) is 119 cm³/mol. The number of carbonyl (C=O) groups is 1. The van der Waals surface area contributed by atoms with Gasteiger partial charge in [0.25, 0.3) is 5.91 Å². The zero-order valence-corrected chi connectivity index (χ0v) is 18.8. The average molecular weight is 450 g/mol. The summed E-state index contributed by atoms with van der Waals surface area (Å²) in [5.74, 6) is -0.628. The third-order valence-electron chi connectivity index (χ3n) is 4.88. The maximum Gasteiger partial charge on any atom is 0.260 e. The molecule has 0 unspecified atom stereocenters. The van der Waals surface area contributed by atoms with Crippen molar-refractivity contribution < 1.29 is 17.6 Å².